The number of aromatic nitrogens is 1. The third-order valence-corrected chi connectivity index (χ3v) is 1.60. The van der Waals surface area contributed by atoms with Crippen LogP contribution in [0.3, 0.4) is 0 Å². The minimum Gasteiger partial charge on any atom is -0.384 e. The van der Waals surface area contributed by atoms with Crippen molar-refractivity contribution in [3.05, 3.63) is 21.8 Å². The first kappa shape index (κ1) is 7.76. The predicted molar refractivity (Wildman–Crippen MR) is 45.5 cm³/mol. The third kappa shape index (κ3) is 1.38. The first-order valence-electron chi connectivity index (χ1n) is 3.04. The molecule has 0 radical (unpaired) electrons. The quantitative estimate of drug-likeness (QED) is 0.572. The lowest BCUT2D eigenvalue weighted by Gasteiger charge is -1.99. The second-order valence-corrected chi connectivity index (χ2v) is 2.66. The fourth-order valence-electron chi connectivity index (χ4n) is 0.861. The molecule has 11 heavy (non-hydrogen) atoms. The van der Waals surface area contributed by atoms with Crippen molar-refractivity contribution in [1.82, 2.24) is 4.98 Å². The second kappa shape index (κ2) is 2.72. The van der Waals surface area contributed by atoms with E-state index < -0.39 is 0 Å². The molecule has 0 aliphatic rings. The van der Waals surface area contributed by atoms with E-state index in [1.165, 1.54) is 0 Å². The van der Waals surface area contributed by atoms with E-state index in [9.17, 15) is 0 Å². The Morgan fingerprint density at radius 2 is 2.36 bits per heavy atom. The van der Waals surface area contributed by atoms with Gasteiger partial charge in [-0.1, -0.05) is 12.2 Å². The SMILES string of the molecule is Cc1cc(=S)[nH]c(N)c1C#N. The van der Waals surface area contributed by atoms with Crippen molar-refractivity contribution in [3.8, 4) is 6.07 Å². The summed E-state index contributed by atoms with van der Waals surface area (Å²) in [5.41, 5.74) is 6.77. The van der Waals surface area contributed by atoms with E-state index in [-0.39, 0.29) is 0 Å². The van der Waals surface area contributed by atoms with E-state index in [1.54, 1.807) is 13.0 Å². The van der Waals surface area contributed by atoms with Crippen molar-refractivity contribution in [2.75, 3.05) is 5.73 Å². The summed E-state index contributed by atoms with van der Waals surface area (Å²) in [5.74, 6) is 0.345. The number of pyridine rings is 1. The summed E-state index contributed by atoms with van der Waals surface area (Å²) in [6, 6.07) is 3.70. The zero-order chi connectivity index (χ0) is 8.43. The molecule has 1 heterocycles. The molecule has 0 aromatic carbocycles. The molecule has 0 spiro atoms. The van der Waals surface area contributed by atoms with E-state index in [2.05, 4.69) is 4.98 Å². The number of rotatable bonds is 0. The fraction of sp³-hybridized carbons (Fsp3) is 0.143. The molecule has 1 rings (SSSR count). The zero-order valence-electron chi connectivity index (χ0n) is 6.01. The number of H-pyrrole nitrogens is 1. The number of aryl methyl sites for hydroxylation is 1. The lowest BCUT2D eigenvalue weighted by molar-refractivity contribution is 1.24. The van der Waals surface area contributed by atoms with Gasteiger partial charge in [-0.05, 0) is 18.6 Å². The van der Waals surface area contributed by atoms with Crippen LogP contribution in [0.2, 0.25) is 0 Å². The number of nitrogens with one attached hydrogen (secondary N) is 1. The number of anilines is 1. The van der Waals surface area contributed by atoms with Gasteiger partial charge in [-0.25, -0.2) is 0 Å². The lowest BCUT2D eigenvalue weighted by Crippen LogP contribution is -1.96. The van der Waals surface area contributed by atoms with Gasteiger partial charge in [0.2, 0.25) is 0 Å². The Balaban J connectivity index is 3.52. The van der Waals surface area contributed by atoms with E-state index >= 15 is 0 Å². The molecule has 3 nitrogen and oxygen atoms in total. The van der Waals surface area contributed by atoms with Crippen LogP contribution < -0.4 is 5.73 Å². The summed E-state index contributed by atoms with van der Waals surface area (Å²) in [6.45, 7) is 1.80. The number of nitrogen functional groups attached to an aromatic ring is 1. The second-order valence-electron chi connectivity index (χ2n) is 2.22. The smallest absolute Gasteiger partial charge is 0.120 e. The van der Waals surface area contributed by atoms with Gasteiger partial charge in [-0.3, -0.25) is 0 Å². The van der Waals surface area contributed by atoms with Crippen LogP contribution >= 0.6 is 12.2 Å². The predicted octanol–water partition coefficient (Wildman–Crippen LogP) is 1.51. The van der Waals surface area contributed by atoms with Gasteiger partial charge in [0.15, 0.2) is 0 Å². The fourth-order valence-corrected chi connectivity index (χ4v) is 1.15. The van der Waals surface area contributed by atoms with Crippen LogP contribution in [0.1, 0.15) is 11.1 Å². The highest BCUT2D eigenvalue weighted by molar-refractivity contribution is 7.71. The summed E-state index contributed by atoms with van der Waals surface area (Å²) in [6.07, 6.45) is 0. The van der Waals surface area contributed by atoms with Crippen LogP contribution in [-0.2, 0) is 0 Å². The van der Waals surface area contributed by atoms with Crippen molar-refractivity contribution in [3.63, 3.8) is 0 Å². The van der Waals surface area contributed by atoms with E-state index in [0.717, 1.165) is 5.56 Å². The van der Waals surface area contributed by atoms with Crippen LogP contribution in [0, 0.1) is 22.9 Å². The Morgan fingerprint density at radius 3 is 2.82 bits per heavy atom. The molecule has 0 bridgehead atoms. The van der Waals surface area contributed by atoms with Crippen LogP contribution in [0.5, 0.6) is 0 Å². The van der Waals surface area contributed by atoms with Gasteiger partial charge in [0.05, 0.1) is 5.56 Å². The molecular formula is C7H7N3S. The summed E-state index contributed by atoms with van der Waals surface area (Å²) in [4.78, 5) is 2.70. The molecule has 0 saturated heterocycles. The molecule has 56 valence electrons. The maximum Gasteiger partial charge on any atom is 0.120 e. The summed E-state index contributed by atoms with van der Waals surface area (Å²) >= 11 is 4.85. The normalized spacial score (nSPS) is 9.09. The highest BCUT2D eigenvalue weighted by Crippen LogP contribution is 2.11. The van der Waals surface area contributed by atoms with Gasteiger partial charge in [0.1, 0.15) is 16.5 Å². The molecule has 0 aliphatic carbocycles. The molecule has 0 fully saturated rings. The molecule has 0 atom stereocenters. The minimum absolute atomic E-state index is 0.345. The number of hydrogen-bond acceptors (Lipinski definition) is 3. The Kier molecular flexibility index (Phi) is 1.92. The van der Waals surface area contributed by atoms with Crippen molar-refractivity contribution in [2.45, 2.75) is 6.92 Å². The summed E-state index contributed by atoms with van der Waals surface area (Å²) in [7, 11) is 0. The van der Waals surface area contributed by atoms with Crippen molar-refractivity contribution in [2.24, 2.45) is 0 Å². The number of nitrogens with two attached hydrogens (primary N) is 1. The highest BCUT2D eigenvalue weighted by Gasteiger charge is 2.00. The molecule has 4 heteroatoms. The molecular weight excluding hydrogens is 158 g/mol. The van der Waals surface area contributed by atoms with Gasteiger partial charge in [0, 0.05) is 0 Å². The number of nitrogens with zero attached hydrogens (tertiary/aromatic N) is 1. The highest BCUT2D eigenvalue weighted by atomic mass is 32.1. The Bertz CT molecular complexity index is 346. The summed E-state index contributed by atoms with van der Waals surface area (Å²) < 4.78 is 0.555. The van der Waals surface area contributed by atoms with Gasteiger partial charge in [-0.2, -0.15) is 5.26 Å². The standard InChI is InChI=1S/C7H7N3S/c1-4-2-6(11)10-7(9)5(4)3-8/h2H,1H3,(H3,9,10,11). The zero-order valence-corrected chi connectivity index (χ0v) is 6.83. The Morgan fingerprint density at radius 1 is 1.73 bits per heavy atom. The Hall–Kier alpha value is -1.34. The maximum atomic E-state index is 8.61. The van der Waals surface area contributed by atoms with Crippen LogP contribution in [0.15, 0.2) is 6.07 Å². The van der Waals surface area contributed by atoms with E-state index in [4.69, 9.17) is 23.2 Å². The number of hydrogen-bond donors (Lipinski definition) is 2. The topological polar surface area (TPSA) is 65.6 Å². The molecule has 1 aromatic heterocycles. The molecule has 0 saturated carbocycles. The molecule has 0 aliphatic heterocycles. The molecule has 1 aromatic rings. The first-order valence-corrected chi connectivity index (χ1v) is 3.45. The monoisotopic (exact) mass is 165 g/mol. The van der Waals surface area contributed by atoms with Crippen LogP contribution in [0.25, 0.3) is 0 Å². The van der Waals surface area contributed by atoms with Crippen LogP contribution in [0.4, 0.5) is 5.82 Å². The van der Waals surface area contributed by atoms with Crippen LogP contribution in [-0.4, -0.2) is 4.98 Å². The van der Waals surface area contributed by atoms with Crippen molar-refractivity contribution < 1.29 is 0 Å². The van der Waals surface area contributed by atoms with E-state index in [0.29, 0.717) is 16.0 Å². The van der Waals surface area contributed by atoms with Gasteiger partial charge < -0.3 is 10.7 Å². The average molecular weight is 165 g/mol. The summed E-state index contributed by atoms with van der Waals surface area (Å²) in [5, 5.41) is 8.61. The largest absolute Gasteiger partial charge is 0.384 e. The van der Waals surface area contributed by atoms with Crippen molar-refractivity contribution in [1.29, 1.82) is 5.26 Å². The van der Waals surface area contributed by atoms with Gasteiger partial charge >= 0.3 is 0 Å². The number of aromatic amines is 1. The van der Waals surface area contributed by atoms with E-state index in [1.807, 2.05) is 6.07 Å². The maximum absolute atomic E-state index is 8.61. The Labute approximate surface area is 69.5 Å². The van der Waals surface area contributed by atoms with Crippen molar-refractivity contribution >= 4 is 18.0 Å². The molecule has 3 N–H and O–H groups in total. The number of nitriles is 1. The average Bonchev–Trinajstić information content (AvgIpc) is 1.85. The molecule has 0 unspecified atom stereocenters. The van der Waals surface area contributed by atoms with Gasteiger partial charge in [0.25, 0.3) is 0 Å². The lowest BCUT2D eigenvalue weighted by atomic mass is 10.2. The first-order chi connectivity index (χ1) is 5.15. The third-order valence-electron chi connectivity index (χ3n) is 1.38. The minimum atomic E-state index is 0.345. The molecule has 0 amide bonds. The van der Waals surface area contributed by atoms with Gasteiger partial charge in [-0.15, -0.1) is 0 Å².